The summed E-state index contributed by atoms with van der Waals surface area (Å²) >= 11 is 12.3. The summed E-state index contributed by atoms with van der Waals surface area (Å²) in [6, 6.07) is 13.7. The highest BCUT2D eigenvalue weighted by Gasteiger charge is 2.21. The second-order valence-corrected chi connectivity index (χ2v) is 7.73. The first-order valence-corrected chi connectivity index (χ1v) is 9.90. The van der Waals surface area contributed by atoms with Crippen LogP contribution < -0.4 is 10.1 Å². The van der Waals surface area contributed by atoms with Crippen molar-refractivity contribution >= 4 is 29.1 Å². The topological polar surface area (TPSA) is 41.6 Å². The first kappa shape index (κ1) is 20.0. The van der Waals surface area contributed by atoms with Gasteiger partial charge in [-0.2, -0.15) is 0 Å². The number of nitrogens with zero attached hydrogens (tertiary/aromatic N) is 1. The van der Waals surface area contributed by atoms with Crippen molar-refractivity contribution in [2.75, 3.05) is 26.7 Å². The molecule has 1 saturated heterocycles. The number of methoxy groups -OCH3 is 1. The maximum atomic E-state index is 12.5. The van der Waals surface area contributed by atoms with E-state index in [1.165, 1.54) is 12.7 Å². The average Bonchev–Trinajstić information content (AvgIpc) is 2.67. The molecule has 3 rings (SSSR count). The first-order chi connectivity index (χ1) is 13.1. The highest BCUT2D eigenvalue weighted by molar-refractivity contribution is 6.37. The van der Waals surface area contributed by atoms with Gasteiger partial charge >= 0.3 is 0 Å². The van der Waals surface area contributed by atoms with Crippen molar-refractivity contribution in [3.8, 4) is 5.75 Å². The second-order valence-electron chi connectivity index (χ2n) is 6.91. The van der Waals surface area contributed by atoms with Gasteiger partial charge in [0.1, 0.15) is 0 Å². The van der Waals surface area contributed by atoms with Gasteiger partial charge in [0, 0.05) is 25.2 Å². The lowest BCUT2D eigenvalue weighted by molar-refractivity contribution is 0.0930. The number of likely N-dealkylation sites (tertiary alicyclic amines) is 1. The average molecular weight is 407 g/mol. The molecular formula is C21H24Cl2N2O2. The third-order valence-electron chi connectivity index (χ3n) is 4.87. The maximum absolute atomic E-state index is 12.5. The molecule has 1 heterocycles. The zero-order valence-corrected chi connectivity index (χ0v) is 16.9. The first-order valence-electron chi connectivity index (χ1n) is 9.14. The summed E-state index contributed by atoms with van der Waals surface area (Å²) in [5.41, 5.74) is 1.77. The Balaban J connectivity index is 1.54. The van der Waals surface area contributed by atoms with Gasteiger partial charge in [-0.1, -0.05) is 53.5 Å². The molecule has 1 N–H and O–H groups in total. The van der Waals surface area contributed by atoms with Crippen LogP contribution in [0.1, 0.15) is 28.8 Å². The predicted octanol–water partition coefficient (Wildman–Crippen LogP) is 4.64. The second kappa shape index (κ2) is 9.45. The van der Waals surface area contributed by atoms with Crippen LogP contribution in [0, 0.1) is 5.92 Å². The number of hydrogen-bond acceptors (Lipinski definition) is 3. The normalized spacial score (nSPS) is 17.5. The largest absolute Gasteiger partial charge is 0.494 e. The van der Waals surface area contributed by atoms with Crippen molar-refractivity contribution in [1.82, 2.24) is 10.2 Å². The summed E-state index contributed by atoms with van der Waals surface area (Å²) in [6.45, 7) is 3.68. The maximum Gasteiger partial charge on any atom is 0.251 e. The molecule has 1 fully saturated rings. The van der Waals surface area contributed by atoms with E-state index in [-0.39, 0.29) is 5.91 Å². The van der Waals surface area contributed by atoms with Crippen LogP contribution in [0.25, 0.3) is 0 Å². The Morgan fingerprint density at radius 2 is 1.93 bits per heavy atom. The molecule has 0 unspecified atom stereocenters. The number of carbonyl (C=O) groups excluding carboxylic acids is 1. The number of amides is 1. The minimum atomic E-state index is -0.165. The number of carbonyl (C=O) groups is 1. The van der Waals surface area contributed by atoms with Crippen LogP contribution in [0.5, 0.6) is 5.75 Å². The molecule has 1 aliphatic rings. The lowest BCUT2D eigenvalue weighted by Crippen LogP contribution is -2.40. The predicted molar refractivity (Wildman–Crippen MR) is 110 cm³/mol. The molecule has 2 aromatic rings. The third kappa shape index (κ3) is 5.38. The van der Waals surface area contributed by atoms with Crippen LogP contribution in [-0.2, 0) is 6.54 Å². The quantitative estimate of drug-likeness (QED) is 0.759. The van der Waals surface area contributed by atoms with Gasteiger partial charge in [0.05, 0.1) is 17.2 Å². The summed E-state index contributed by atoms with van der Waals surface area (Å²) in [7, 11) is 1.50. The monoisotopic (exact) mass is 406 g/mol. The molecule has 27 heavy (non-hydrogen) atoms. The molecule has 6 heteroatoms. The number of piperidine rings is 1. The van der Waals surface area contributed by atoms with E-state index < -0.39 is 0 Å². The molecule has 4 nitrogen and oxygen atoms in total. The van der Waals surface area contributed by atoms with Gasteiger partial charge in [-0.15, -0.1) is 0 Å². The van der Waals surface area contributed by atoms with E-state index in [2.05, 4.69) is 34.5 Å². The standard InChI is InChI=1S/C21H24Cl2N2O2/c1-27-20-18(22)10-17(11-19(20)23)21(26)24-12-16-8-5-9-25(14-16)13-15-6-3-2-4-7-15/h2-4,6-7,10-11,16H,5,8-9,12-14H2,1H3,(H,24,26)/t16-/m1/s1. The van der Waals surface area contributed by atoms with E-state index >= 15 is 0 Å². The van der Waals surface area contributed by atoms with E-state index in [0.29, 0.717) is 33.8 Å². The lowest BCUT2D eigenvalue weighted by Gasteiger charge is -2.32. The smallest absolute Gasteiger partial charge is 0.251 e. The van der Waals surface area contributed by atoms with E-state index in [0.717, 1.165) is 32.5 Å². The Morgan fingerprint density at radius 1 is 1.22 bits per heavy atom. The fraction of sp³-hybridized carbons (Fsp3) is 0.381. The van der Waals surface area contributed by atoms with Crippen molar-refractivity contribution in [3.63, 3.8) is 0 Å². The van der Waals surface area contributed by atoms with Crippen molar-refractivity contribution in [3.05, 3.63) is 63.6 Å². The van der Waals surface area contributed by atoms with Crippen LogP contribution in [0.15, 0.2) is 42.5 Å². The number of nitrogens with one attached hydrogen (secondary N) is 1. The van der Waals surface area contributed by atoms with Crippen molar-refractivity contribution in [1.29, 1.82) is 0 Å². The minimum Gasteiger partial charge on any atom is -0.494 e. The number of benzene rings is 2. The number of rotatable bonds is 6. The molecule has 0 spiro atoms. The molecule has 0 radical (unpaired) electrons. The third-order valence-corrected chi connectivity index (χ3v) is 5.43. The van der Waals surface area contributed by atoms with Crippen LogP contribution in [0.2, 0.25) is 10.0 Å². The van der Waals surface area contributed by atoms with E-state index in [9.17, 15) is 4.79 Å². The summed E-state index contributed by atoms with van der Waals surface area (Å²) in [5, 5.41) is 3.69. The van der Waals surface area contributed by atoms with Crippen LogP contribution in [-0.4, -0.2) is 37.6 Å². The van der Waals surface area contributed by atoms with Gasteiger partial charge in [-0.05, 0) is 43.0 Å². The van der Waals surface area contributed by atoms with Crippen molar-refractivity contribution in [2.24, 2.45) is 5.92 Å². The SMILES string of the molecule is COc1c(Cl)cc(C(=O)NC[C@H]2CCCN(Cc3ccccc3)C2)cc1Cl. The Hall–Kier alpha value is -1.75. The number of ether oxygens (including phenoxy) is 1. The van der Waals surface area contributed by atoms with E-state index in [4.69, 9.17) is 27.9 Å². The Bertz CT molecular complexity index is 760. The van der Waals surface area contributed by atoms with Crippen molar-refractivity contribution in [2.45, 2.75) is 19.4 Å². The summed E-state index contributed by atoms with van der Waals surface area (Å²) < 4.78 is 5.13. The van der Waals surface area contributed by atoms with Crippen LogP contribution >= 0.6 is 23.2 Å². The van der Waals surface area contributed by atoms with Crippen LogP contribution in [0.3, 0.4) is 0 Å². The van der Waals surface area contributed by atoms with E-state index in [1.54, 1.807) is 12.1 Å². The zero-order valence-electron chi connectivity index (χ0n) is 15.4. The van der Waals surface area contributed by atoms with Gasteiger partial charge in [-0.3, -0.25) is 9.69 Å². The molecular weight excluding hydrogens is 383 g/mol. The molecule has 1 atom stereocenters. The Labute approximate surface area is 170 Å². The molecule has 2 aromatic carbocycles. The highest BCUT2D eigenvalue weighted by Crippen LogP contribution is 2.33. The molecule has 144 valence electrons. The van der Waals surface area contributed by atoms with Gasteiger partial charge in [0.15, 0.2) is 5.75 Å². The van der Waals surface area contributed by atoms with Gasteiger partial charge in [0.25, 0.3) is 5.91 Å². The van der Waals surface area contributed by atoms with Gasteiger partial charge < -0.3 is 10.1 Å². The number of halogens is 2. The van der Waals surface area contributed by atoms with Gasteiger partial charge in [0.2, 0.25) is 0 Å². The summed E-state index contributed by atoms with van der Waals surface area (Å²) in [5.74, 6) is 0.663. The zero-order chi connectivity index (χ0) is 19.2. The molecule has 0 saturated carbocycles. The lowest BCUT2D eigenvalue weighted by atomic mass is 9.97. The Kier molecular flexibility index (Phi) is 7.00. The molecule has 1 amide bonds. The Morgan fingerprint density at radius 3 is 2.59 bits per heavy atom. The molecule has 1 aliphatic heterocycles. The minimum absolute atomic E-state index is 0.165. The fourth-order valence-corrected chi connectivity index (χ4v) is 4.17. The van der Waals surface area contributed by atoms with E-state index in [1.807, 2.05) is 6.07 Å². The molecule has 0 aliphatic carbocycles. The number of hydrogen-bond donors (Lipinski definition) is 1. The molecule has 0 bridgehead atoms. The fourth-order valence-electron chi connectivity index (χ4n) is 3.53. The summed E-state index contributed by atoms with van der Waals surface area (Å²) in [6.07, 6.45) is 2.27. The van der Waals surface area contributed by atoms with Gasteiger partial charge in [-0.25, -0.2) is 0 Å². The highest BCUT2D eigenvalue weighted by atomic mass is 35.5. The molecule has 0 aromatic heterocycles. The summed E-state index contributed by atoms with van der Waals surface area (Å²) in [4.78, 5) is 14.9. The van der Waals surface area contributed by atoms with Crippen molar-refractivity contribution < 1.29 is 9.53 Å². The van der Waals surface area contributed by atoms with Crippen LogP contribution in [0.4, 0.5) is 0 Å².